The number of allylic oxidation sites excluding steroid dienone is 4. The van der Waals surface area contributed by atoms with Gasteiger partial charge in [0, 0.05) is 19.5 Å². The van der Waals surface area contributed by atoms with Crippen LogP contribution in [0.3, 0.4) is 0 Å². The van der Waals surface area contributed by atoms with Gasteiger partial charge in [-0.15, -0.1) is 0 Å². The van der Waals surface area contributed by atoms with Crippen LogP contribution in [0.25, 0.3) is 0 Å². The number of alkyl halides is 4. The SMILES string of the molecule is BrC/C=C/CBr.IC/C=C\CI. The van der Waals surface area contributed by atoms with Crippen molar-refractivity contribution in [2.75, 3.05) is 19.5 Å². The van der Waals surface area contributed by atoms with Gasteiger partial charge in [-0.05, 0) is 0 Å². The summed E-state index contributed by atoms with van der Waals surface area (Å²) in [6.07, 6.45) is 8.42. The molecule has 0 aliphatic heterocycles. The van der Waals surface area contributed by atoms with Crippen LogP contribution in [0.1, 0.15) is 0 Å². The van der Waals surface area contributed by atoms with E-state index in [0.29, 0.717) is 0 Å². The van der Waals surface area contributed by atoms with Crippen molar-refractivity contribution in [1.29, 1.82) is 0 Å². The lowest BCUT2D eigenvalue weighted by Crippen LogP contribution is -1.58. The second kappa shape index (κ2) is 18.6. The first-order chi connectivity index (χ1) is 5.83. The molecule has 0 saturated heterocycles. The van der Waals surface area contributed by atoms with Gasteiger partial charge in [0.1, 0.15) is 0 Å². The molecule has 0 nitrogen and oxygen atoms in total. The highest BCUT2D eigenvalue weighted by atomic mass is 127. The second-order valence-corrected chi connectivity index (χ2v) is 4.62. The summed E-state index contributed by atoms with van der Waals surface area (Å²) in [6.45, 7) is 0. The molecule has 0 bridgehead atoms. The van der Waals surface area contributed by atoms with Crippen LogP contribution in [-0.4, -0.2) is 19.5 Å². The number of rotatable bonds is 4. The summed E-state index contributed by atoms with van der Waals surface area (Å²) < 4.78 is 2.28. The zero-order valence-corrected chi connectivity index (χ0v) is 14.1. The Morgan fingerprint density at radius 3 is 1.25 bits per heavy atom. The smallest absolute Gasteiger partial charge is 0.0212 e. The minimum atomic E-state index is 0.957. The lowest BCUT2D eigenvalue weighted by atomic mass is 10.6. The summed E-state index contributed by atoms with van der Waals surface area (Å²) in [6, 6.07) is 0. The zero-order chi connectivity index (χ0) is 9.66. The monoisotopic (exact) mass is 520 g/mol. The number of halogens is 4. The summed E-state index contributed by atoms with van der Waals surface area (Å²) in [5.74, 6) is 0. The molecule has 0 N–H and O–H groups in total. The third-order valence-corrected chi connectivity index (χ3v) is 2.45. The van der Waals surface area contributed by atoms with Gasteiger partial charge < -0.3 is 0 Å². The molecule has 0 spiro atoms. The zero-order valence-electron chi connectivity index (χ0n) is 6.65. The molecule has 0 aliphatic carbocycles. The molecule has 0 rings (SSSR count). The molecule has 0 unspecified atom stereocenters. The molecule has 0 aromatic heterocycles. The molecule has 0 heterocycles. The van der Waals surface area contributed by atoms with E-state index in [1.54, 1.807) is 0 Å². The molecule has 72 valence electrons. The molecule has 0 aromatic rings. The fraction of sp³-hybridized carbons (Fsp3) is 0.500. The number of hydrogen-bond acceptors (Lipinski definition) is 0. The Balaban J connectivity index is 0. The maximum Gasteiger partial charge on any atom is 0.0212 e. The summed E-state index contributed by atoms with van der Waals surface area (Å²) in [5.41, 5.74) is 0. The van der Waals surface area contributed by atoms with E-state index in [0.717, 1.165) is 19.5 Å². The third kappa shape index (κ3) is 22.7. The topological polar surface area (TPSA) is 0 Å². The fourth-order valence-electron chi connectivity index (χ4n) is 0.252. The molecule has 0 atom stereocenters. The first kappa shape index (κ1) is 16.3. The van der Waals surface area contributed by atoms with Gasteiger partial charge in [0.05, 0.1) is 0 Å². The highest BCUT2D eigenvalue weighted by Crippen LogP contribution is 1.85. The Labute approximate surface area is 119 Å². The van der Waals surface area contributed by atoms with Crippen LogP contribution in [0.5, 0.6) is 0 Å². The van der Waals surface area contributed by atoms with E-state index < -0.39 is 0 Å². The van der Waals surface area contributed by atoms with E-state index in [1.807, 2.05) is 0 Å². The van der Waals surface area contributed by atoms with E-state index in [2.05, 4.69) is 101 Å². The molecule has 0 aliphatic rings. The van der Waals surface area contributed by atoms with E-state index >= 15 is 0 Å². The average molecular weight is 522 g/mol. The van der Waals surface area contributed by atoms with Gasteiger partial charge >= 0.3 is 0 Å². The molecule has 0 amide bonds. The second-order valence-electron chi connectivity index (χ2n) is 1.56. The van der Waals surface area contributed by atoms with E-state index in [4.69, 9.17) is 0 Å². The minimum absolute atomic E-state index is 0.957. The maximum atomic E-state index is 3.24. The van der Waals surface area contributed by atoms with Crippen molar-refractivity contribution >= 4 is 77.0 Å². The predicted octanol–water partition coefficient (Wildman–Crippen LogP) is 4.75. The quantitative estimate of drug-likeness (QED) is 0.285. The lowest BCUT2D eigenvalue weighted by Gasteiger charge is -1.70. The van der Waals surface area contributed by atoms with Crippen LogP contribution in [-0.2, 0) is 0 Å². The molecule has 0 aromatic carbocycles. The van der Waals surface area contributed by atoms with Gasteiger partial charge in [-0.25, -0.2) is 0 Å². The summed E-state index contributed by atoms with van der Waals surface area (Å²) in [7, 11) is 0. The third-order valence-electron chi connectivity index (χ3n) is 0.690. The van der Waals surface area contributed by atoms with Gasteiger partial charge in [-0.2, -0.15) is 0 Å². The van der Waals surface area contributed by atoms with E-state index in [9.17, 15) is 0 Å². The molecule has 0 fully saturated rings. The fourth-order valence-corrected chi connectivity index (χ4v) is 1.50. The van der Waals surface area contributed by atoms with Crippen LogP contribution in [0.4, 0.5) is 0 Å². The van der Waals surface area contributed by atoms with E-state index in [1.165, 1.54) is 0 Å². The van der Waals surface area contributed by atoms with Crippen molar-refractivity contribution in [3.05, 3.63) is 24.3 Å². The van der Waals surface area contributed by atoms with Crippen LogP contribution in [0.15, 0.2) is 24.3 Å². The van der Waals surface area contributed by atoms with Gasteiger partial charge in [0.25, 0.3) is 0 Å². The van der Waals surface area contributed by atoms with Crippen molar-refractivity contribution in [2.45, 2.75) is 0 Å². The molecule has 0 radical (unpaired) electrons. The van der Waals surface area contributed by atoms with Gasteiger partial charge in [0.2, 0.25) is 0 Å². The molecule has 4 heteroatoms. The highest BCUT2D eigenvalue weighted by molar-refractivity contribution is 14.1. The van der Waals surface area contributed by atoms with Gasteiger partial charge in [-0.1, -0.05) is 101 Å². The highest BCUT2D eigenvalue weighted by Gasteiger charge is 1.63. The molecular formula is C8H12Br2I2. The average Bonchev–Trinajstić information content (AvgIpc) is 2.12. The summed E-state index contributed by atoms with van der Waals surface area (Å²) >= 11 is 11.1. The largest absolute Gasteiger partial charge is 0.0883 e. The van der Waals surface area contributed by atoms with Gasteiger partial charge in [-0.3, -0.25) is 0 Å². The molecule has 12 heavy (non-hydrogen) atoms. The Kier molecular flexibility index (Phi) is 25.4. The first-order valence-electron chi connectivity index (χ1n) is 3.37. The van der Waals surface area contributed by atoms with Crippen molar-refractivity contribution < 1.29 is 0 Å². The van der Waals surface area contributed by atoms with Crippen LogP contribution in [0.2, 0.25) is 0 Å². The standard InChI is InChI=1S/C4H6Br2.C4H6I2/c2*5-3-1-2-4-6/h2*1-2H,3-4H2/b2-1+;2-1-. The normalized spacial score (nSPS) is 10.3. The van der Waals surface area contributed by atoms with Crippen molar-refractivity contribution in [3.63, 3.8) is 0 Å². The Morgan fingerprint density at radius 1 is 0.750 bits per heavy atom. The van der Waals surface area contributed by atoms with Gasteiger partial charge in [0.15, 0.2) is 0 Å². The number of hydrogen-bond donors (Lipinski definition) is 0. The first-order valence-corrected chi connectivity index (χ1v) is 8.66. The Bertz CT molecular complexity index is 87.6. The van der Waals surface area contributed by atoms with Crippen LogP contribution >= 0.6 is 77.0 Å². The van der Waals surface area contributed by atoms with Crippen LogP contribution in [0, 0.1) is 0 Å². The molecule has 0 saturated carbocycles. The Morgan fingerprint density at radius 2 is 1.08 bits per heavy atom. The maximum absolute atomic E-state index is 3.24. The van der Waals surface area contributed by atoms with Crippen LogP contribution < -0.4 is 0 Å². The van der Waals surface area contributed by atoms with E-state index in [-0.39, 0.29) is 0 Å². The Hall–Kier alpha value is 1.90. The minimum Gasteiger partial charge on any atom is -0.0883 e. The van der Waals surface area contributed by atoms with Crippen molar-refractivity contribution in [2.24, 2.45) is 0 Å². The summed E-state index contributed by atoms with van der Waals surface area (Å²) in [5, 5.41) is 1.91. The predicted molar refractivity (Wildman–Crippen MR) is 83.6 cm³/mol. The van der Waals surface area contributed by atoms with Crippen molar-refractivity contribution in [3.8, 4) is 0 Å². The summed E-state index contributed by atoms with van der Waals surface area (Å²) in [4.78, 5) is 0. The molecular weight excluding hydrogens is 510 g/mol. The lowest BCUT2D eigenvalue weighted by molar-refractivity contribution is 1.71. The van der Waals surface area contributed by atoms with Crippen molar-refractivity contribution in [1.82, 2.24) is 0 Å².